The number of hydrogen-bond donors (Lipinski definition) is 2. The Hall–Kier alpha value is -1.65. The van der Waals surface area contributed by atoms with Gasteiger partial charge in [-0.25, -0.2) is 4.39 Å². The molecule has 0 aliphatic rings. The summed E-state index contributed by atoms with van der Waals surface area (Å²) in [5.41, 5.74) is 4.28. The van der Waals surface area contributed by atoms with Crippen LogP contribution in [0.2, 0.25) is 0 Å². The lowest BCUT2D eigenvalue weighted by atomic mass is 9.99. The molecule has 0 amide bonds. The van der Waals surface area contributed by atoms with Gasteiger partial charge in [-0.3, -0.25) is 11.3 Å². The summed E-state index contributed by atoms with van der Waals surface area (Å²) in [6, 6.07) is 8.40. The minimum Gasteiger partial charge on any atom is -0.469 e. The van der Waals surface area contributed by atoms with Gasteiger partial charge in [-0.05, 0) is 31.0 Å². The highest BCUT2D eigenvalue weighted by molar-refractivity contribution is 5.25. The van der Waals surface area contributed by atoms with Crippen molar-refractivity contribution in [2.24, 2.45) is 5.84 Å². The van der Waals surface area contributed by atoms with E-state index in [4.69, 9.17) is 10.3 Å². The van der Waals surface area contributed by atoms with Crippen LogP contribution in [-0.4, -0.2) is 0 Å². The van der Waals surface area contributed by atoms with Gasteiger partial charge >= 0.3 is 0 Å². The van der Waals surface area contributed by atoms with Gasteiger partial charge in [0.15, 0.2) is 0 Å². The highest BCUT2D eigenvalue weighted by Crippen LogP contribution is 2.22. The molecule has 0 saturated heterocycles. The van der Waals surface area contributed by atoms with Crippen LogP contribution in [0, 0.1) is 12.7 Å². The molecule has 2 rings (SSSR count). The molecule has 2 aromatic rings. The van der Waals surface area contributed by atoms with Crippen molar-refractivity contribution in [3.63, 3.8) is 0 Å². The van der Waals surface area contributed by atoms with Crippen LogP contribution in [0.15, 0.2) is 41.0 Å². The molecule has 3 N–H and O–H groups in total. The Morgan fingerprint density at radius 2 is 2.12 bits per heavy atom. The molecule has 0 spiro atoms. The van der Waals surface area contributed by atoms with Gasteiger partial charge in [0, 0.05) is 5.56 Å². The fraction of sp³-hybridized carbons (Fsp3) is 0.231. The minimum absolute atomic E-state index is 0.148. The third kappa shape index (κ3) is 2.54. The number of nitrogens with one attached hydrogen (secondary N) is 1. The van der Waals surface area contributed by atoms with Gasteiger partial charge in [0.1, 0.15) is 11.6 Å². The highest BCUT2D eigenvalue weighted by Gasteiger charge is 2.16. The van der Waals surface area contributed by atoms with E-state index in [0.29, 0.717) is 12.0 Å². The molecule has 1 heterocycles. The molecule has 0 radical (unpaired) electrons. The van der Waals surface area contributed by atoms with Gasteiger partial charge in [-0.1, -0.05) is 18.2 Å². The van der Waals surface area contributed by atoms with Gasteiger partial charge in [-0.2, -0.15) is 0 Å². The van der Waals surface area contributed by atoms with Gasteiger partial charge in [0.05, 0.1) is 12.3 Å². The smallest absolute Gasteiger partial charge is 0.126 e. The van der Waals surface area contributed by atoms with Crippen molar-refractivity contribution in [1.82, 2.24) is 5.43 Å². The summed E-state index contributed by atoms with van der Waals surface area (Å²) >= 11 is 0. The molecule has 0 fully saturated rings. The lowest BCUT2D eigenvalue weighted by molar-refractivity contribution is 0.495. The molecule has 17 heavy (non-hydrogen) atoms. The first-order valence-electron chi connectivity index (χ1n) is 5.46. The summed E-state index contributed by atoms with van der Waals surface area (Å²) in [7, 11) is 0. The molecular formula is C13H15FN2O. The van der Waals surface area contributed by atoms with Crippen molar-refractivity contribution < 1.29 is 8.81 Å². The zero-order valence-corrected chi connectivity index (χ0v) is 9.61. The first-order chi connectivity index (χ1) is 8.22. The lowest BCUT2D eigenvalue weighted by Gasteiger charge is -2.15. The highest BCUT2D eigenvalue weighted by atomic mass is 19.1. The molecule has 1 unspecified atom stereocenters. The number of furan rings is 1. The van der Waals surface area contributed by atoms with E-state index in [2.05, 4.69) is 5.43 Å². The van der Waals surface area contributed by atoms with Crippen LogP contribution in [0.5, 0.6) is 0 Å². The first-order valence-corrected chi connectivity index (χ1v) is 5.46. The second-order valence-electron chi connectivity index (χ2n) is 3.95. The average molecular weight is 234 g/mol. The van der Waals surface area contributed by atoms with E-state index in [1.165, 1.54) is 6.07 Å². The van der Waals surface area contributed by atoms with E-state index < -0.39 is 0 Å². The predicted molar refractivity (Wildman–Crippen MR) is 63.6 cm³/mol. The monoisotopic (exact) mass is 234 g/mol. The third-order valence-electron chi connectivity index (χ3n) is 2.86. The second kappa shape index (κ2) is 5.12. The minimum atomic E-state index is -0.214. The fourth-order valence-electron chi connectivity index (χ4n) is 1.90. The summed E-state index contributed by atoms with van der Waals surface area (Å²) in [6.45, 7) is 1.86. The number of nitrogens with two attached hydrogens (primary N) is 1. The third-order valence-corrected chi connectivity index (χ3v) is 2.86. The quantitative estimate of drug-likeness (QED) is 0.631. The maximum atomic E-state index is 13.5. The summed E-state index contributed by atoms with van der Waals surface area (Å²) in [6.07, 6.45) is 2.10. The molecule has 0 aliphatic carbocycles. The first kappa shape index (κ1) is 11.8. The van der Waals surface area contributed by atoms with E-state index in [9.17, 15) is 4.39 Å². The molecule has 0 bridgehead atoms. The molecule has 90 valence electrons. The van der Waals surface area contributed by atoms with Crippen molar-refractivity contribution >= 4 is 0 Å². The standard InChI is InChI=1S/C13H15FN2O/c1-9-11(6-7-17-9)13(16-15)8-10-4-2-3-5-12(10)14/h2-7,13,16H,8,15H2,1H3. The molecule has 3 nitrogen and oxygen atoms in total. The van der Waals surface area contributed by atoms with Crippen LogP contribution in [-0.2, 0) is 6.42 Å². The Morgan fingerprint density at radius 3 is 2.71 bits per heavy atom. The van der Waals surface area contributed by atoms with Crippen molar-refractivity contribution in [1.29, 1.82) is 0 Å². The number of halogens is 1. The Morgan fingerprint density at radius 1 is 1.35 bits per heavy atom. The fourth-order valence-corrected chi connectivity index (χ4v) is 1.90. The van der Waals surface area contributed by atoms with Crippen LogP contribution in [0.1, 0.15) is 22.9 Å². The second-order valence-corrected chi connectivity index (χ2v) is 3.95. The van der Waals surface area contributed by atoms with Gasteiger partial charge in [0.2, 0.25) is 0 Å². The number of aryl methyl sites for hydroxylation is 1. The van der Waals surface area contributed by atoms with E-state index in [1.807, 2.05) is 19.1 Å². The number of hydrogen-bond acceptors (Lipinski definition) is 3. The molecule has 1 aromatic carbocycles. The van der Waals surface area contributed by atoms with Gasteiger partial charge in [-0.15, -0.1) is 0 Å². The molecule has 1 aromatic heterocycles. The van der Waals surface area contributed by atoms with E-state index >= 15 is 0 Å². The van der Waals surface area contributed by atoms with Gasteiger partial charge < -0.3 is 4.42 Å². The summed E-state index contributed by atoms with van der Waals surface area (Å²) in [5.74, 6) is 6.10. The van der Waals surface area contributed by atoms with E-state index in [1.54, 1.807) is 18.4 Å². The summed E-state index contributed by atoms with van der Waals surface area (Å²) in [4.78, 5) is 0. The molecule has 0 saturated carbocycles. The van der Waals surface area contributed by atoms with Crippen molar-refractivity contribution in [2.45, 2.75) is 19.4 Å². The van der Waals surface area contributed by atoms with Crippen molar-refractivity contribution in [3.05, 3.63) is 59.3 Å². The number of rotatable bonds is 4. The zero-order chi connectivity index (χ0) is 12.3. The summed E-state index contributed by atoms with van der Waals surface area (Å²) < 4.78 is 18.8. The SMILES string of the molecule is Cc1occc1C(Cc1ccccc1F)NN. The maximum absolute atomic E-state index is 13.5. The molecule has 0 aliphatic heterocycles. The van der Waals surface area contributed by atoms with E-state index in [0.717, 1.165) is 11.3 Å². The average Bonchev–Trinajstić information content (AvgIpc) is 2.75. The Bertz CT molecular complexity index is 496. The van der Waals surface area contributed by atoms with Crippen LogP contribution < -0.4 is 11.3 Å². The topological polar surface area (TPSA) is 51.2 Å². The normalized spacial score (nSPS) is 12.6. The van der Waals surface area contributed by atoms with E-state index in [-0.39, 0.29) is 11.9 Å². The largest absolute Gasteiger partial charge is 0.469 e. The predicted octanol–water partition coefficient (Wildman–Crippen LogP) is 2.47. The zero-order valence-electron chi connectivity index (χ0n) is 9.61. The number of benzene rings is 1. The van der Waals surface area contributed by atoms with Crippen LogP contribution in [0.3, 0.4) is 0 Å². The number of hydrazine groups is 1. The van der Waals surface area contributed by atoms with Crippen molar-refractivity contribution in [2.75, 3.05) is 0 Å². The molecule has 1 atom stereocenters. The van der Waals surface area contributed by atoms with Crippen LogP contribution in [0.4, 0.5) is 4.39 Å². The van der Waals surface area contributed by atoms with Crippen LogP contribution in [0.25, 0.3) is 0 Å². The van der Waals surface area contributed by atoms with Gasteiger partial charge in [0.25, 0.3) is 0 Å². The Labute approximate surface area is 99.4 Å². The molecular weight excluding hydrogens is 219 g/mol. The Balaban J connectivity index is 2.22. The molecule has 4 heteroatoms. The lowest BCUT2D eigenvalue weighted by Crippen LogP contribution is -2.30. The Kier molecular flexibility index (Phi) is 3.56. The van der Waals surface area contributed by atoms with Crippen LogP contribution >= 0.6 is 0 Å². The summed E-state index contributed by atoms with van der Waals surface area (Å²) in [5, 5.41) is 0. The van der Waals surface area contributed by atoms with Crippen molar-refractivity contribution in [3.8, 4) is 0 Å². The maximum Gasteiger partial charge on any atom is 0.126 e.